The van der Waals surface area contributed by atoms with Crippen molar-refractivity contribution in [3.05, 3.63) is 88.1 Å². The van der Waals surface area contributed by atoms with Crippen molar-refractivity contribution in [1.82, 2.24) is 10.2 Å². The van der Waals surface area contributed by atoms with Crippen LogP contribution in [0.2, 0.25) is 0 Å². The minimum atomic E-state index is -0.859. The van der Waals surface area contributed by atoms with Crippen LogP contribution in [0, 0.1) is 6.92 Å². The molecule has 3 aromatic rings. The van der Waals surface area contributed by atoms with Crippen LogP contribution in [0.4, 0.5) is 5.13 Å². The maximum absolute atomic E-state index is 13.3. The molecule has 0 bridgehead atoms. The highest BCUT2D eigenvalue weighted by molar-refractivity contribution is 7.15. The Hall–Kier alpha value is -3.78. The molecule has 1 unspecified atom stereocenters. The van der Waals surface area contributed by atoms with Crippen LogP contribution in [0.5, 0.6) is 5.75 Å². The lowest BCUT2D eigenvalue weighted by atomic mass is 9.95. The number of hydrogen-bond acceptors (Lipinski definition) is 7. The first-order valence-corrected chi connectivity index (χ1v) is 11.9. The zero-order valence-electron chi connectivity index (χ0n) is 19.0. The number of aliphatic hydroxyl groups excluding tert-OH is 1. The first-order chi connectivity index (χ1) is 16.5. The molecule has 2 heterocycles. The highest BCUT2D eigenvalue weighted by Gasteiger charge is 2.45. The fourth-order valence-corrected chi connectivity index (χ4v) is 4.40. The summed E-state index contributed by atoms with van der Waals surface area (Å²) in [5.74, 6) is -1.10. The third-order valence-corrected chi connectivity index (χ3v) is 6.20. The van der Waals surface area contributed by atoms with Crippen LogP contribution in [0.25, 0.3) is 6.08 Å². The second-order valence-corrected chi connectivity index (χ2v) is 8.99. The number of ether oxygens (including phenoxy) is 1. The number of anilines is 1. The van der Waals surface area contributed by atoms with E-state index < -0.39 is 23.5 Å². The van der Waals surface area contributed by atoms with Crippen molar-refractivity contribution >= 4 is 34.2 Å². The Morgan fingerprint density at radius 1 is 1.18 bits per heavy atom. The smallest absolute Gasteiger partial charge is 0.296 e. The average molecular weight is 476 g/mol. The lowest BCUT2D eigenvalue weighted by molar-refractivity contribution is -0.117. The minimum absolute atomic E-state index is 0.00394. The molecule has 7 nitrogen and oxygen atoms in total. The molecule has 1 atom stereocenters. The van der Waals surface area contributed by atoms with Crippen molar-refractivity contribution in [2.75, 3.05) is 11.5 Å². The third-order valence-electron chi connectivity index (χ3n) is 5.36. The van der Waals surface area contributed by atoms with Crippen molar-refractivity contribution in [2.45, 2.75) is 32.7 Å². The first kappa shape index (κ1) is 23.4. The molecule has 0 saturated heterocycles. The predicted molar refractivity (Wildman–Crippen MR) is 132 cm³/mol. The predicted octanol–water partition coefficient (Wildman–Crippen LogP) is 5.21. The largest absolute Gasteiger partial charge is 0.503 e. The number of unbranched alkanes of at least 4 members (excludes halogenated alkanes) is 1. The molecule has 2 aromatic carbocycles. The average Bonchev–Trinajstić information content (AvgIpc) is 3.39. The van der Waals surface area contributed by atoms with Gasteiger partial charge in [0.25, 0.3) is 5.91 Å². The fourth-order valence-electron chi connectivity index (χ4n) is 3.69. The van der Waals surface area contributed by atoms with Gasteiger partial charge in [0.2, 0.25) is 5.13 Å². The van der Waals surface area contributed by atoms with E-state index in [4.69, 9.17) is 4.74 Å². The van der Waals surface area contributed by atoms with Crippen molar-refractivity contribution in [3.63, 3.8) is 0 Å². The molecule has 1 N–H and O–H groups in total. The van der Waals surface area contributed by atoms with E-state index in [1.54, 1.807) is 25.1 Å². The minimum Gasteiger partial charge on any atom is -0.503 e. The van der Waals surface area contributed by atoms with Gasteiger partial charge in [-0.15, -0.1) is 10.2 Å². The van der Waals surface area contributed by atoms with E-state index >= 15 is 0 Å². The van der Waals surface area contributed by atoms with E-state index in [1.165, 1.54) is 22.3 Å². The van der Waals surface area contributed by atoms with Gasteiger partial charge in [0.1, 0.15) is 10.8 Å². The van der Waals surface area contributed by atoms with Crippen molar-refractivity contribution in [1.29, 1.82) is 0 Å². The van der Waals surface area contributed by atoms with E-state index in [0.717, 1.165) is 18.4 Å². The SMILES string of the molecule is CCCCOc1cccc(C2C(C(=O)/C=C/c3ccccc3)=C(O)C(=O)N2c2nnc(C)s2)c1. The quantitative estimate of drug-likeness (QED) is 0.337. The molecule has 0 fully saturated rings. The number of aliphatic hydroxyl groups is 1. The molecule has 4 rings (SSSR count). The standard InChI is InChI=1S/C26H25N3O4S/c1-3-4-15-33-20-12-8-11-19(16-20)23-22(21(30)14-13-18-9-6-5-7-10-18)24(31)25(32)29(23)26-28-27-17(2)34-26/h5-14,16,23,31H,3-4,15H2,1-2H3/b14-13+. The summed E-state index contributed by atoms with van der Waals surface area (Å²) < 4.78 is 5.84. The Bertz CT molecular complexity index is 1250. The summed E-state index contributed by atoms with van der Waals surface area (Å²) in [6, 6.07) is 15.7. The lowest BCUT2D eigenvalue weighted by Gasteiger charge is -2.24. The van der Waals surface area contributed by atoms with Gasteiger partial charge in [-0.2, -0.15) is 0 Å². The van der Waals surface area contributed by atoms with Crippen LogP contribution in [0.3, 0.4) is 0 Å². The normalized spacial score (nSPS) is 16.0. The summed E-state index contributed by atoms with van der Waals surface area (Å²) in [5.41, 5.74) is 1.46. The maximum atomic E-state index is 13.3. The maximum Gasteiger partial charge on any atom is 0.296 e. The third kappa shape index (κ3) is 4.92. The molecule has 0 spiro atoms. The number of ketones is 1. The van der Waals surface area contributed by atoms with Crippen LogP contribution in [-0.2, 0) is 9.59 Å². The number of rotatable bonds is 9. The van der Waals surface area contributed by atoms with Crippen LogP contribution in [0.1, 0.15) is 41.9 Å². The molecule has 1 aliphatic heterocycles. The summed E-state index contributed by atoms with van der Waals surface area (Å²) in [6.07, 6.45) is 4.95. The van der Waals surface area contributed by atoms with E-state index in [0.29, 0.717) is 28.1 Å². The van der Waals surface area contributed by atoms with Gasteiger partial charge in [0.15, 0.2) is 11.5 Å². The van der Waals surface area contributed by atoms with Crippen LogP contribution in [-0.4, -0.2) is 33.6 Å². The van der Waals surface area contributed by atoms with Gasteiger partial charge in [0.05, 0.1) is 18.2 Å². The number of hydrogen-bond donors (Lipinski definition) is 1. The number of carbonyl (C=O) groups excluding carboxylic acids is 2. The van der Waals surface area contributed by atoms with Gasteiger partial charge in [-0.05, 0) is 42.7 Å². The second kappa shape index (κ2) is 10.4. The van der Waals surface area contributed by atoms with Gasteiger partial charge >= 0.3 is 0 Å². The molecule has 1 aliphatic rings. The molecule has 0 aliphatic carbocycles. The number of nitrogens with zero attached hydrogens (tertiary/aromatic N) is 3. The lowest BCUT2D eigenvalue weighted by Crippen LogP contribution is -2.30. The number of allylic oxidation sites excluding steroid dienone is 1. The summed E-state index contributed by atoms with van der Waals surface area (Å²) in [5, 5.41) is 19.9. The Balaban J connectivity index is 1.74. The zero-order valence-corrected chi connectivity index (χ0v) is 19.8. The number of carbonyl (C=O) groups is 2. The van der Waals surface area contributed by atoms with Crippen LogP contribution >= 0.6 is 11.3 Å². The number of aromatic nitrogens is 2. The summed E-state index contributed by atoms with van der Waals surface area (Å²) in [7, 11) is 0. The molecule has 0 radical (unpaired) electrons. The molecular weight excluding hydrogens is 450 g/mol. The number of aryl methyl sites for hydroxylation is 1. The molecule has 34 heavy (non-hydrogen) atoms. The topological polar surface area (TPSA) is 92.6 Å². The van der Waals surface area contributed by atoms with Gasteiger partial charge in [0, 0.05) is 0 Å². The first-order valence-electron chi connectivity index (χ1n) is 11.1. The Labute approximate surface area is 202 Å². The number of amides is 1. The zero-order chi connectivity index (χ0) is 24.1. The van der Waals surface area contributed by atoms with Gasteiger partial charge in [-0.1, -0.05) is 73.2 Å². The van der Waals surface area contributed by atoms with E-state index in [-0.39, 0.29) is 5.57 Å². The van der Waals surface area contributed by atoms with Crippen LogP contribution < -0.4 is 9.64 Å². The van der Waals surface area contributed by atoms with Gasteiger partial charge < -0.3 is 9.84 Å². The Kier molecular flexibility index (Phi) is 7.18. The molecule has 8 heteroatoms. The molecule has 0 saturated carbocycles. The number of benzene rings is 2. The van der Waals surface area contributed by atoms with Crippen molar-refractivity contribution in [2.24, 2.45) is 0 Å². The van der Waals surface area contributed by atoms with E-state index in [2.05, 4.69) is 17.1 Å². The highest BCUT2D eigenvalue weighted by Crippen LogP contribution is 2.42. The Morgan fingerprint density at radius 2 is 1.97 bits per heavy atom. The van der Waals surface area contributed by atoms with Gasteiger partial charge in [-0.25, -0.2) is 0 Å². The Morgan fingerprint density at radius 3 is 2.68 bits per heavy atom. The van der Waals surface area contributed by atoms with Crippen LogP contribution in [0.15, 0.2) is 72.0 Å². The summed E-state index contributed by atoms with van der Waals surface area (Å²) in [4.78, 5) is 27.7. The van der Waals surface area contributed by atoms with Crippen molar-refractivity contribution < 1.29 is 19.4 Å². The highest BCUT2D eigenvalue weighted by atomic mass is 32.1. The summed E-state index contributed by atoms with van der Waals surface area (Å²) in [6.45, 7) is 4.43. The molecule has 1 amide bonds. The van der Waals surface area contributed by atoms with E-state index in [9.17, 15) is 14.7 Å². The monoisotopic (exact) mass is 475 g/mol. The van der Waals surface area contributed by atoms with Gasteiger partial charge in [-0.3, -0.25) is 14.5 Å². The van der Waals surface area contributed by atoms with Crippen molar-refractivity contribution in [3.8, 4) is 5.75 Å². The summed E-state index contributed by atoms with van der Waals surface area (Å²) >= 11 is 1.22. The molecule has 1 aromatic heterocycles. The van der Waals surface area contributed by atoms with E-state index in [1.807, 2.05) is 42.5 Å². The molecular formula is C26H25N3O4S. The molecule has 174 valence electrons. The second-order valence-electron chi connectivity index (χ2n) is 7.83. The fraction of sp³-hybridized carbons (Fsp3) is 0.231.